The van der Waals surface area contributed by atoms with Crippen LogP contribution in [0.15, 0.2) is 59.6 Å². The van der Waals surface area contributed by atoms with Crippen LogP contribution in [0.3, 0.4) is 0 Å². The molecule has 1 aliphatic heterocycles. The Balaban J connectivity index is 1.46. The molecule has 0 radical (unpaired) electrons. The summed E-state index contributed by atoms with van der Waals surface area (Å²) >= 11 is 0. The number of rotatable bonds is 6. The number of carbonyl (C=O) groups is 1. The number of hydrogen-bond acceptors (Lipinski definition) is 7. The van der Waals surface area contributed by atoms with E-state index in [1.165, 1.54) is 35.4 Å². The lowest BCUT2D eigenvalue weighted by molar-refractivity contribution is 0.0778. The topological polar surface area (TPSA) is 86.7 Å². The van der Waals surface area contributed by atoms with Crippen LogP contribution in [0.4, 0.5) is 20.4 Å². The number of sulfone groups is 1. The lowest BCUT2D eigenvalue weighted by Crippen LogP contribution is -2.53. The van der Waals surface area contributed by atoms with Crippen LogP contribution >= 0.6 is 0 Å². The molecule has 0 saturated carbocycles. The van der Waals surface area contributed by atoms with Crippen LogP contribution in [0.5, 0.6) is 0 Å². The average molecular weight is 516 g/mol. The van der Waals surface area contributed by atoms with Crippen molar-refractivity contribution in [3.05, 3.63) is 77.6 Å². The monoisotopic (exact) mass is 515 g/mol. The quantitative estimate of drug-likeness (QED) is 0.499. The van der Waals surface area contributed by atoms with Gasteiger partial charge in [-0.1, -0.05) is 18.2 Å². The highest BCUT2D eigenvalue weighted by Crippen LogP contribution is 2.26. The summed E-state index contributed by atoms with van der Waals surface area (Å²) in [6.45, 7) is 3.41. The maximum Gasteiger partial charge on any atom is 0.272 e. The van der Waals surface area contributed by atoms with Crippen molar-refractivity contribution in [2.75, 3.05) is 42.7 Å². The van der Waals surface area contributed by atoms with E-state index < -0.39 is 15.7 Å². The van der Waals surface area contributed by atoms with Crippen LogP contribution in [-0.2, 0) is 16.4 Å². The summed E-state index contributed by atoms with van der Waals surface area (Å²) in [6, 6.07) is 11.6. The first-order valence-corrected chi connectivity index (χ1v) is 13.3. The van der Waals surface area contributed by atoms with Crippen molar-refractivity contribution in [3.8, 4) is 0 Å². The molecular formula is C25H27F2N5O3S. The van der Waals surface area contributed by atoms with E-state index in [9.17, 15) is 22.0 Å². The van der Waals surface area contributed by atoms with Gasteiger partial charge in [-0.3, -0.25) is 4.79 Å². The van der Waals surface area contributed by atoms with E-state index in [2.05, 4.69) is 9.97 Å². The second kappa shape index (κ2) is 10.2. The van der Waals surface area contributed by atoms with E-state index in [1.54, 1.807) is 25.2 Å². The van der Waals surface area contributed by atoms with Crippen LogP contribution in [0, 0.1) is 11.6 Å². The summed E-state index contributed by atoms with van der Waals surface area (Å²) in [5.74, 6) is -0.962. The molecule has 2 aromatic carbocycles. The first-order chi connectivity index (χ1) is 17.0. The van der Waals surface area contributed by atoms with Crippen molar-refractivity contribution in [1.29, 1.82) is 0 Å². The normalized spacial score (nSPS) is 16.2. The molecule has 1 aliphatic rings. The zero-order chi connectivity index (χ0) is 26.0. The van der Waals surface area contributed by atoms with Gasteiger partial charge in [0.15, 0.2) is 9.84 Å². The first-order valence-electron chi connectivity index (χ1n) is 11.4. The summed E-state index contributed by atoms with van der Waals surface area (Å²) in [5, 5.41) is 0. The predicted molar refractivity (Wildman–Crippen MR) is 133 cm³/mol. The fourth-order valence-electron chi connectivity index (χ4n) is 4.20. The Morgan fingerprint density at radius 2 is 1.86 bits per heavy atom. The van der Waals surface area contributed by atoms with E-state index in [0.717, 1.165) is 12.3 Å². The van der Waals surface area contributed by atoms with Crippen LogP contribution in [-0.4, -0.2) is 68.2 Å². The van der Waals surface area contributed by atoms with Crippen molar-refractivity contribution in [3.63, 3.8) is 0 Å². The van der Waals surface area contributed by atoms with Crippen molar-refractivity contribution in [1.82, 2.24) is 14.9 Å². The Labute approximate surface area is 209 Å². The van der Waals surface area contributed by atoms with E-state index in [0.29, 0.717) is 36.8 Å². The molecule has 11 heteroatoms. The van der Waals surface area contributed by atoms with Gasteiger partial charge in [-0.25, -0.2) is 27.2 Å². The van der Waals surface area contributed by atoms with Gasteiger partial charge in [-0.2, -0.15) is 0 Å². The summed E-state index contributed by atoms with van der Waals surface area (Å²) < 4.78 is 52.1. The van der Waals surface area contributed by atoms with E-state index in [1.807, 2.05) is 16.7 Å². The minimum atomic E-state index is -3.50. The summed E-state index contributed by atoms with van der Waals surface area (Å²) in [4.78, 5) is 26.9. The number of anilines is 2. The Morgan fingerprint density at radius 1 is 1.11 bits per heavy atom. The highest BCUT2D eigenvalue weighted by molar-refractivity contribution is 7.90. The summed E-state index contributed by atoms with van der Waals surface area (Å²) in [6.07, 6.45) is 2.55. The summed E-state index contributed by atoms with van der Waals surface area (Å²) in [5.41, 5.74) is 0.925. The van der Waals surface area contributed by atoms with Gasteiger partial charge >= 0.3 is 0 Å². The molecule has 0 bridgehead atoms. The average Bonchev–Trinajstić information content (AvgIpc) is 2.84. The van der Waals surface area contributed by atoms with Gasteiger partial charge in [-0.15, -0.1) is 0 Å². The number of piperazine rings is 1. The molecule has 190 valence electrons. The molecule has 0 N–H and O–H groups in total. The van der Waals surface area contributed by atoms with E-state index in [-0.39, 0.29) is 34.9 Å². The number of benzene rings is 2. The standard InChI is InChI=1S/C25H27F2N5O3S/c1-17-15-31(23-9-8-19(14-21(23)27)36(3,34)35)12-13-32(17)25-28-11-10-22(29-25)24(33)30(2)16-18-6-4-5-7-20(18)26/h4-11,14,17H,12-13,15-16H2,1-3H3. The minimum absolute atomic E-state index is 0.0645. The third-order valence-electron chi connectivity index (χ3n) is 6.15. The second-order valence-corrected chi connectivity index (χ2v) is 10.9. The Kier molecular flexibility index (Phi) is 7.21. The SMILES string of the molecule is CC1CN(c2ccc(S(C)(=O)=O)cc2F)CCN1c1nccc(C(=O)N(C)Cc2ccccc2F)n1. The first kappa shape index (κ1) is 25.5. The molecule has 36 heavy (non-hydrogen) atoms. The molecule has 1 amide bonds. The Hall–Kier alpha value is -3.60. The molecule has 1 unspecified atom stereocenters. The van der Waals surface area contributed by atoms with Crippen LogP contribution < -0.4 is 9.80 Å². The molecule has 4 rings (SSSR count). The molecule has 1 saturated heterocycles. The molecule has 0 spiro atoms. The van der Waals surface area contributed by atoms with Gasteiger partial charge in [0.1, 0.15) is 17.3 Å². The smallest absolute Gasteiger partial charge is 0.272 e. The molecule has 8 nitrogen and oxygen atoms in total. The van der Waals surface area contributed by atoms with Crippen molar-refractivity contribution < 1.29 is 22.0 Å². The molecule has 1 fully saturated rings. The number of halogens is 2. The number of nitrogens with zero attached hydrogens (tertiary/aromatic N) is 5. The molecule has 1 atom stereocenters. The highest BCUT2D eigenvalue weighted by Gasteiger charge is 2.28. The van der Waals surface area contributed by atoms with Crippen LogP contribution in [0.25, 0.3) is 0 Å². The van der Waals surface area contributed by atoms with Gasteiger partial charge in [0.2, 0.25) is 5.95 Å². The van der Waals surface area contributed by atoms with Gasteiger partial charge < -0.3 is 14.7 Å². The Bertz CT molecular complexity index is 1390. The number of amides is 1. The van der Waals surface area contributed by atoms with Gasteiger partial charge in [-0.05, 0) is 37.3 Å². The lowest BCUT2D eigenvalue weighted by Gasteiger charge is -2.41. The second-order valence-electron chi connectivity index (χ2n) is 8.87. The highest BCUT2D eigenvalue weighted by atomic mass is 32.2. The van der Waals surface area contributed by atoms with Gasteiger partial charge in [0.25, 0.3) is 5.91 Å². The lowest BCUT2D eigenvalue weighted by atomic mass is 10.1. The maximum absolute atomic E-state index is 14.7. The third-order valence-corrected chi connectivity index (χ3v) is 7.26. The van der Waals surface area contributed by atoms with Gasteiger partial charge in [0, 0.05) is 57.3 Å². The van der Waals surface area contributed by atoms with Crippen molar-refractivity contribution >= 4 is 27.4 Å². The van der Waals surface area contributed by atoms with E-state index >= 15 is 0 Å². The fourth-order valence-corrected chi connectivity index (χ4v) is 4.84. The molecule has 2 heterocycles. The molecule has 1 aromatic heterocycles. The van der Waals surface area contributed by atoms with Crippen LogP contribution in [0.2, 0.25) is 0 Å². The Morgan fingerprint density at radius 3 is 2.53 bits per heavy atom. The third kappa shape index (κ3) is 5.46. The number of hydrogen-bond donors (Lipinski definition) is 0. The zero-order valence-corrected chi connectivity index (χ0v) is 21.0. The molecular weight excluding hydrogens is 488 g/mol. The van der Waals surface area contributed by atoms with Gasteiger partial charge in [0.05, 0.1) is 10.6 Å². The predicted octanol–water partition coefficient (Wildman–Crippen LogP) is 3.15. The van der Waals surface area contributed by atoms with Crippen molar-refractivity contribution in [2.45, 2.75) is 24.4 Å². The number of carbonyl (C=O) groups excluding carboxylic acids is 1. The summed E-state index contributed by atoms with van der Waals surface area (Å²) in [7, 11) is -1.91. The molecule has 0 aliphatic carbocycles. The largest absolute Gasteiger partial charge is 0.365 e. The van der Waals surface area contributed by atoms with Crippen LogP contribution in [0.1, 0.15) is 23.0 Å². The number of aromatic nitrogens is 2. The fraction of sp³-hybridized carbons (Fsp3) is 0.320. The van der Waals surface area contributed by atoms with E-state index in [4.69, 9.17) is 0 Å². The minimum Gasteiger partial charge on any atom is -0.365 e. The zero-order valence-electron chi connectivity index (χ0n) is 20.2. The maximum atomic E-state index is 14.7. The van der Waals surface area contributed by atoms with Crippen molar-refractivity contribution in [2.24, 2.45) is 0 Å². The molecule has 3 aromatic rings.